The van der Waals surface area contributed by atoms with Gasteiger partial charge in [-0.05, 0) is 83.1 Å². The number of benzene rings is 5. The molecule has 0 saturated heterocycles. The van der Waals surface area contributed by atoms with E-state index in [2.05, 4.69) is 185 Å². The van der Waals surface area contributed by atoms with Gasteiger partial charge in [0, 0.05) is 28.1 Å². The van der Waals surface area contributed by atoms with Gasteiger partial charge in [0.05, 0.1) is 28.6 Å². The van der Waals surface area contributed by atoms with Gasteiger partial charge in [-0.1, -0.05) is 134 Å². The molecular weight excluding hydrogens is 607 g/mol. The van der Waals surface area contributed by atoms with E-state index in [1.165, 1.54) is 55.8 Å². The second-order valence-electron chi connectivity index (χ2n) is 13.4. The lowest BCUT2D eigenvalue weighted by Crippen LogP contribution is -2.28. The van der Waals surface area contributed by atoms with Gasteiger partial charge in [0.25, 0.3) is 0 Å². The Kier molecular flexibility index (Phi) is 6.76. The van der Waals surface area contributed by atoms with Gasteiger partial charge in [-0.15, -0.1) is 0 Å². The van der Waals surface area contributed by atoms with Crippen molar-refractivity contribution in [1.82, 2.24) is 9.55 Å². The van der Waals surface area contributed by atoms with E-state index >= 15 is 0 Å². The molecule has 0 fully saturated rings. The summed E-state index contributed by atoms with van der Waals surface area (Å²) in [7, 11) is 0. The SMILES string of the molecule is C1=CC2c3cccc(-c4ccc5c(c4)c4c(n5-c5cc(-c6ccccc6)cc(-c6ccccc6)n5)C=CCC4)c3N(c3ccccc3)C2C=C1. The highest BCUT2D eigenvalue weighted by molar-refractivity contribution is 5.97. The molecule has 50 heavy (non-hydrogen) atoms. The van der Waals surface area contributed by atoms with Gasteiger partial charge in [0.2, 0.25) is 0 Å². The van der Waals surface area contributed by atoms with Crippen LogP contribution in [0.3, 0.4) is 0 Å². The van der Waals surface area contributed by atoms with Crippen molar-refractivity contribution in [2.24, 2.45) is 0 Å². The van der Waals surface area contributed by atoms with Crippen molar-refractivity contribution in [3.05, 3.63) is 187 Å². The third-order valence-electron chi connectivity index (χ3n) is 10.6. The summed E-state index contributed by atoms with van der Waals surface area (Å²) in [6.45, 7) is 0. The highest BCUT2D eigenvalue weighted by Gasteiger charge is 2.39. The Labute approximate surface area is 292 Å². The van der Waals surface area contributed by atoms with E-state index in [0.29, 0.717) is 5.92 Å². The van der Waals surface area contributed by atoms with Gasteiger partial charge in [0.1, 0.15) is 5.82 Å². The number of fused-ring (bicyclic) bond motifs is 6. The molecule has 3 nitrogen and oxygen atoms in total. The molecule has 2 unspecified atom stereocenters. The lowest BCUT2D eigenvalue weighted by atomic mass is 9.90. The van der Waals surface area contributed by atoms with Crippen LogP contribution in [-0.2, 0) is 6.42 Å². The van der Waals surface area contributed by atoms with Crippen LogP contribution in [0.1, 0.15) is 29.2 Å². The first kappa shape index (κ1) is 28.8. The molecule has 2 aromatic heterocycles. The number of hydrogen-bond acceptors (Lipinski definition) is 2. The van der Waals surface area contributed by atoms with Crippen LogP contribution in [0, 0.1) is 0 Å². The number of allylic oxidation sites excluding steroid dienone is 3. The van der Waals surface area contributed by atoms with Crippen molar-refractivity contribution >= 4 is 28.4 Å². The summed E-state index contributed by atoms with van der Waals surface area (Å²) >= 11 is 0. The molecule has 5 aromatic carbocycles. The Bertz CT molecular complexity index is 2430. The second kappa shape index (κ2) is 11.7. The molecule has 238 valence electrons. The zero-order valence-electron chi connectivity index (χ0n) is 27.7. The molecule has 10 rings (SSSR count). The Morgan fingerprint density at radius 2 is 1.38 bits per heavy atom. The minimum absolute atomic E-state index is 0.253. The third-order valence-corrected chi connectivity index (χ3v) is 10.6. The summed E-state index contributed by atoms with van der Waals surface area (Å²) in [6, 6.07) is 50.7. The minimum atomic E-state index is 0.253. The van der Waals surface area contributed by atoms with Crippen LogP contribution in [0.4, 0.5) is 11.4 Å². The number of hydrogen-bond donors (Lipinski definition) is 0. The van der Waals surface area contributed by atoms with E-state index in [1.54, 1.807) is 0 Å². The van der Waals surface area contributed by atoms with Gasteiger partial charge in [-0.3, -0.25) is 4.57 Å². The molecule has 0 saturated carbocycles. The zero-order chi connectivity index (χ0) is 33.0. The number of para-hydroxylation sites is 2. The second-order valence-corrected chi connectivity index (χ2v) is 13.4. The molecule has 1 aliphatic heterocycles. The van der Waals surface area contributed by atoms with Gasteiger partial charge in [-0.2, -0.15) is 0 Å². The first-order valence-electron chi connectivity index (χ1n) is 17.6. The van der Waals surface area contributed by atoms with Crippen LogP contribution in [0.2, 0.25) is 0 Å². The number of nitrogens with zero attached hydrogens (tertiary/aromatic N) is 3. The summed E-state index contributed by atoms with van der Waals surface area (Å²) in [5.41, 5.74) is 14.7. The molecule has 2 aliphatic carbocycles. The fourth-order valence-electron chi connectivity index (χ4n) is 8.34. The van der Waals surface area contributed by atoms with Gasteiger partial charge >= 0.3 is 0 Å². The Hall–Kier alpha value is -6.19. The van der Waals surface area contributed by atoms with Crippen LogP contribution in [0.25, 0.3) is 56.3 Å². The molecule has 0 N–H and O–H groups in total. The van der Waals surface area contributed by atoms with E-state index < -0.39 is 0 Å². The van der Waals surface area contributed by atoms with E-state index in [9.17, 15) is 0 Å². The Morgan fingerprint density at radius 3 is 2.20 bits per heavy atom. The molecule has 0 amide bonds. The monoisotopic (exact) mass is 641 g/mol. The highest BCUT2D eigenvalue weighted by Crippen LogP contribution is 2.52. The maximum absolute atomic E-state index is 5.35. The van der Waals surface area contributed by atoms with Crippen molar-refractivity contribution in [2.75, 3.05) is 4.90 Å². The van der Waals surface area contributed by atoms with Crippen LogP contribution in [0.5, 0.6) is 0 Å². The Morgan fingerprint density at radius 1 is 0.620 bits per heavy atom. The van der Waals surface area contributed by atoms with Crippen molar-refractivity contribution in [3.63, 3.8) is 0 Å². The first-order valence-corrected chi connectivity index (χ1v) is 17.6. The summed E-state index contributed by atoms with van der Waals surface area (Å²) < 4.78 is 2.39. The number of pyridine rings is 1. The molecule has 0 spiro atoms. The predicted octanol–water partition coefficient (Wildman–Crippen LogP) is 11.7. The van der Waals surface area contributed by atoms with Crippen molar-refractivity contribution in [2.45, 2.75) is 24.8 Å². The average Bonchev–Trinajstić information content (AvgIpc) is 3.71. The van der Waals surface area contributed by atoms with Crippen LogP contribution >= 0.6 is 0 Å². The topological polar surface area (TPSA) is 21.1 Å². The number of aromatic nitrogens is 2. The van der Waals surface area contributed by atoms with E-state index in [4.69, 9.17) is 4.98 Å². The molecular formula is C47H35N3. The number of aryl methyl sites for hydroxylation is 1. The maximum Gasteiger partial charge on any atom is 0.138 e. The van der Waals surface area contributed by atoms with Gasteiger partial charge in [-0.25, -0.2) is 4.98 Å². The predicted molar refractivity (Wildman–Crippen MR) is 208 cm³/mol. The fraction of sp³-hybridized carbons (Fsp3) is 0.0851. The first-order chi connectivity index (χ1) is 24.8. The lowest BCUT2D eigenvalue weighted by Gasteiger charge is -2.29. The van der Waals surface area contributed by atoms with E-state index in [-0.39, 0.29) is 6.04 Å². The molecule has 2 atom stereocenters. The molecule has 3 heteroatoms. The van der Waals surface area contributed by atoms with Crippen LogP contribution < -0.4 is 4.90 Å². The minimum Gasteiger partial charge on any atom is -0.333 e. The molecule has 0 bridgehead atoms. The van der Waals surface area contributed by atoms with Crippen molar-refractivity contribution in [1.29, 1.82) is 0 Å². The van der Waals surface area contributed by atoms with Crippen LogP contribution in [-0.4, -0.2) is 15.6 Å². The Balaban J connectivity index is 1.18. The molecule has 3 aliphatic rings. The molecule has 7 aromatic rings. The zero-order valence-corrected chi connectivity index (χ0v) is 27.7. The molecule has 3 heterocycles. The standard InChI is InChI=1S/C47H35N3/c1-4-15-32(16-5-1)35-30-42(33-17-6-2-7-18-33)48-46(31-35)50-44-26-13-11-22-39(44)41-29-34(27-28-45(41)50)37-23-14-24-40-38-21-10-12-25-43(38)49(47(37)40)36-19-8-3-9-20-36/h1-10,12-21,23-31,38,43H,11,22H2. The molecule has 0 radical (unpaired) electrons. The largest absolute Gasteiger partial charge is 0.333 e. The summed E-state index contributed by atoms with van der Waals surface area (Å²) in [5.74, 6) is 1.26. The normalized spacial score (nSPS) is 17.2. The highest BCUT2D eigenvalue weighted by atomic mass is 15.2. The quantitative estimate of drug-likeness (QED) is 0.186. The smallest absolute Gasteiger partial charge is 0.138 e. The van der Waals surface area contributed by atoms with Gasteiger partial charge in [0.15, 0.2) is 0 Å². The lowest BCUT2D eigenvalue weighted by molar-refractivity contribution is 0.745. The number of rotatable bonds is 5. The van der Waals surface area contributed by atoms with E-state index in [1.807, 2.05) is 0 Å². The number of anilines is 2. The fourth-order valence-corrected chi connectivity index (χ4v) is 8.34. The van der Waals surface area contributed by atoms with Crippen LogP contribution in [0.15, 0.2) is 170 Å². The maximum atomic E-state index is 5.35. The van der Waals surface area contributed by atoms with Crippen molar-refractivity contribution < 1.29 is 0 Å². The summed E-state index contributed by atoms with van der Waals surface area (Å²) in [5, 5.41) is 1.30. The van der Waals surface area contributed by atoms with Gasteiger partial charge < -0.3 is 4.90 Å². The summed E-state index contributed by atoms with van der Waals surface area (Å²) in [4.78, 5) is 7.90. The third kappa shape index (κ3) is 4.62. The summed E-state index contributed by atoms with van der Waals surface area (Å²) in [6.07, 6.45) is 15.8. The van der Waals surface area contributed by atoms with Crippen molar-refractivity contribution in [3.8, 4) is 39.3 Å². The van der Waals surface area contributed by atoms with E-state index in [0.717, 1.165) is 35.5 Å². The average molecular weight is 642 g/mol.